The number of nitrogens with one attached hydrogen (secondary N) is 1. The van der Waals surface area contributed by atoms with Crippen molar-refractivity contribution >= 4 is 17.3 Å². The number of aromatic nitrogens is 1. The molecular weight excluding hydrogens is 236 g/mol. The molecule has 88 valence electrons. The summed E-state index contributed by atoms with van der Waals surface area (Å²) in [5.41, 5.74) is 0.873. The van der Waals surface area contributed by atoms with Crippen LogP contribution in [0.4, 0.5) is 5.69 Å². The van der Waals surface area contributed by atoms with Crippen LogP contribution in [0.2, 0.25) is 5.02 Å². The second-order valence-corrected chi connectivity index (χ2v) is 3.85. The van der Waals surface area contributed by atoms with Crippen molar-refractivity contribution in [3.8, 4) is 5.75 Å². The third-order valence-corrected chi connectivity index (χ3v) is 2.50. The number of para-hydroxylation sites is 1. The minimum atomic E-state index is 0.586. The van der Waals surface area contributed by atoms with Gasteiger partial charge in [-0.25, -0.2) is 0 Å². The lowest BCUT2D eigenvalue weighted by Crippen LogP contribution is -2.11. The van der Waals surface area contributed by atoms with Gasteiger partial charge in [0.25, 0.3) is 0 Å². The Hall–Kier alpha value is -1.74. The molecule has 0 aliphatic heterocycles. The largest absolute Gasteiger partial charge is 0.492 e. The van der Waals surface area contributed by atoms with Gasteiger partial charge < -0.3 is 10.1 Å². The molecule has 1 heterocycles. The SMILES string of the molecule is Clc1cnccc1NCCOc1ccccc1. The fourth-order valence-corrected chi connectivity index (χ4v) is 1.58. The molecule has 0 radical (unpaired) electrons. The number of ether oxygens (including phenoxy) is 1. The molecule has 4 heteroatoms. The van der Waals surface area contributed by atoms with Crippen LogP contribution in [0, 0.1) is 0 Å². The average molecular weight is 249 g/mol. The van der Waals surface area contributed by atoms with E-state index in [0.29, 0.717) is 18.2 Å². The smallest absolute Gasteiger partial charge is 0.119 e. The first-order valence-electron chi connectivity index (χ1n) is 5.37. The molecule has 0 spiro atoms. The monoisotopic (exact) mass is 248 g/mol. The minimum absolute atomic E-state index is 0.586. The van der Waals surface area contributed by atoms with Gasteiger partial charge in [0.1, 0.15) is 12.4 Å². The first-order valence-corrected chi connectivity index (χ1v) is 5.75. The lowest BCUT2D eigenvalue weighted by Gasteiger charge is -2.09. The fraction of sp³-hybridized carbons (Fsp3) is 0.154. The fourth-order valence-electron chi connectivity index (χ4n) is 1.39. The van der Waals surface area contributed by atoms with Crippen LogP contribution in [0.1, 0.15) is 0 Å². The number of halogens is 1. The molecule has 0 aliphatic rings. The number of rotatable bonds is 5. The quantitative estimate of drug-likeness (QED) is 0.825. The number of hydrogen-bond donors (Lipinski definition) is 1. The van der Waals surface area contributed by atoms with Gasteiger partial charge in [0, 0.05) is 18.9 Å². The lowest BCUT2D eigenvalue weighted by atomic mass is 10.3. The van der Waals surface area contributed by atoms with Crippen LogP contribution in [-0.2, 0) is 0 Å². The lowest BCUT2D eigenvalue weighted by molar-refractivity contribution is 0.333. The van der Waals surface area contributed by atoms with E-state index in [1.54, 1.807) is 12.4 Å². The maximum Gasteiger partial charge on any atom is 0.119 e. The Morgan fingerprint density at radius 2 is 2.00 bits per heavy atom. The Morgan fingerprint density at radius 3 is 2.76 bits per heavy atom. The second kappa shape index (κ2) is 6.11. The highest BCUT2D eigenvalue weighted by atomic mass is 35.5. The molecule has 2 aromatic rings. The van der Waals surface area contributed by atoms with Crippen LogP contribution < -0.4 is 10.1 Å². The first-order chi connectivity index (χ1) is 8.36. The molecule has 0 amide bonds. The highest BCUT2D eigenvalue weighted by Crippen LogP contribution is 2.18. The van der Waals surface area contributed by atoms with Gasteiger partial charge in [-0.3, -0.25) is 4.98 Å². The van der Waals surface area contributed by atoms with Crippen molar-refractivity contribution in [1.82, 2.24) is 4.98 Å². The van der Waals surface area contributed by atoms with Crippen LogP contribution in [0.3, 0.4) is 0 Å². The second-order valence-electron chi connectivity index (χ2n) is 3.44. The van der Waals surface area contributed by atoms with Crippen molar-refractivity contribution in [2.75, 3.05) is 18.5 Å². The summed E-state index contributed by atoms with van der Waals surface area (Å²) in [6, 6.07) is 11.6. The molecule has 1 aromatic heterocycles. The Balaban J connectivity index is 1.76. The van der Waals surface area contributed by atoms with Crippen LogP contribution in [-0.4, -0.2) is 18.1 Å². The van der Waals surface area contributed by atoms with Gasteiger partial charge in [0.05, 0.1) is 10.7 Å². The van der Waals surface area contributed by atoms with Crippen molar-refractivity contribution < 1.29 is 4.74 Å². The molecule has 0 atom stereocenters. The zero-order valence-corrected chi connectivity index (χ0v) is 10.0. The average Bonchev–Trinajstić information content (AvgIpc) is 2.38. The van der Waals surface area contributed by atoms with Crippen molar-refractivity contribution in [2.24, 2.45) is 0 Å². The molecule has 0 fully saturated rings. The predicted octanol–water partition coefficient (Wildman–Crippen LogP) is 3.23. The first kappa shape index (κ1) is 11.7. The van der Waals surface area contributed by atoms with Crippen molar-refractivity contribution in [3.63, 3.8) is 0 Å². The van der Waals surface area contributed by atoms with E-state index in [0.717, 1.165) is 11.4 Å². The van der Waals surface area contributed by atoms with Gasteiger partial charge in [-0.15, -0.1) is 0 Å². The van der Waals surface area contributed by atoms with Crippen molar-refractivity contribution in [3.05, 3.63) is 53.8 Å². The highest BCUT2D eigenvalue weighted by molar-refractivity contribution is 6.33. The minimum Gasteiger partial charge on any atom is -0.492 e. The molecule has 0 aliphatic carbocycles. The third-order valence-electron chi connectivity index (χ3n) is 2.20. The van der Waals surface area contributed by atoms with Crippen LogP contribution in [0.25, 0.3) is 0 Å². The van der Waals surface area contributed by atoms with Gasteiger partial charge in [0.2, 0.25) is 0 Å². The summed E-state index contributed by atoms with van der Waals surface area (Å²) in [7, 11) is 0. The maximum atomic E-state index is 5.95. The Morgan fingerprint density at radius 1 is 1.18 bits per heavy atom. The third kappa shape index (κ3) is 3.64. The summed E-state index contributed by atoms with van der Waals surface area (Å²) in [4.78, 5) is 3.92. The zero-order valence-electron chi connectivity index (χ0n) is 9.27. The predicted molar refractivity (Wildman–Crippen MR) is 69.7 cm³/mol. The van der Waals surface area contributed by atoms with Gasteiger partial charge in [-0.2, -0.15) is 0 Å². The van der Waals surface area contributed by atoms with Crippen LogP contribution in [0.5, 0.6) is 5.75 Å². The summed E-state index contributed by atoms with van der Waals surface area (Å²) < 4.78 is 5.55. The highest BCUT2D eigenvalue weighted by Gasteiger charge is 1.98. The number of hydrogen-bond acceptors (Lipinski definition) is 3. The summed E-state index contributed by atoms with van der Waals surface area (Å²) in [6.45, 7) is 1.28. The molecule has 1 aromatic carbocycles. The van der Waals surface area contributed by atoms with Gasteiger partial charge in [-0.1, -0.05) is 29.8 Å². The van der Waals surface area contributed by atoms with Crippen molar-refractivity contribution in [2.45, 2.75) is 0 Å². The molecule has 0 saturated heterocycles. The molecular formula is C13H13ClN2O. The van der Waals surface area contributed by atoms with Crippen LogP contribution >= 0.6 is 11.6 Å². The summed E-state index contributed by atoms with van der Waals surface area (Å²) in [6.07, 6.45) is 3.31. The van der Waals surface area contributed by atoms with E-state index in [2.05, 4.69) is 10.3 Å². The number of anilines is 1. The maximum absolute atomic E-state index is 5.95. The molecule has 0 saturated carbocycles. The molecule has 0 unspecified atom stereocenters. The van der Waals surface area contributed by atoms with Crippen molar-refractivity contribution in [1.29, 1.82) is 0 Å². The summed E-state index contributed by atoms with van der Waals surface area (Å²) in [5, 5.41) is 3.80. The Bertz CT molecular complexity index is 462. The van der Waals surface area contributed by atoms with E-state index in [9.17, 15) is 0 Å². The van der Waals surface area contributed by atoms with E-state index < -0.39 is 0 Å². The normalized spacial score (nSPS) is 9.94. The van der Waals surface area contributed by atoms with E-state index in [4.69, 9.17) is 16.3 Å². The number of nitrogens with zero attached hydrogens (tertiary/aromatic N) is 1. The molecule has 1 N–H and O–H groups in total. The summed E-state index contributed by atoms with van der Waals surface area (Å²) in [5.74, 6) is 0.870. The Labute approximate surface area is 105 Å². The molecule has 17 heavy (non-hydrogen) atoms. The van der Waals surface area contributed by atoms with E-state index >= 15 is 0 Å². The van der Waals surface area contributed by atoms with E-state index in [-0.39, 0.29) is 0 Å². The Kier molecular flexibility index (Phi) is 4.22. The topological polar surface area (TPSA) is 34.2 Å². The summed E-state index contributed by atoms with van der Waals surface area (Å²) >= 11 is 5.95. The van der Waals surface area contributed by atoms with Crippen LogP contribution in [0.15, 0.2) is 48.8 Å². The van der Waals surface area contributed by atoms with E-state index in [1.807, 2.05) is 36.4 Å². The van der Waals surface area contributed by atoms with Gasteiger partial charge in [0.15, 0.2) is 0 Å². The van der Waals surface area contributed by atoms with E-state index in [1.165, 1.54) is 0 Å². The molecule has 3 nitrogen and oxygen atoms in total. The van der Waals surface area contributed by atoms with Gasteiger partial charge in [-0.05, 0) is 18.2 Å². The number of benzene rings is 1. The molecule has 0 bridgehead atoms. The van der Waals surface area contributed by atoms with Gasteiger partial charge >= 0.3 is 0 Å². The standard InChI is InChI=1S/C13H13ClN2O/c14-12-10-15-7-6-13(12)16-8-9-17-11-4-2-1-3-5-11/h1-7,10H,8-9H2,(H,15,16). The number of pyridine rings is 1. The zero-order chi connectivity index (χ0) is 11.9. The molecule has 2 rings (SSSR count).